The molecule has 0 saturated carbocycles. The van der Waals surface area contributed by atoms with Crippen molar-refractivity contribution in [3.8, 4) is 0 Å². The van der Waals surface area contributed by atoms with Crippen LogP contribution in [0.25, 0.3) is 10.9 Å². The number of fused-ring (bicyclic) bond motifs is 3. The average Bonchev–Trinajstić information content (AvgIpc) is 2.92. The van der Waals surface area contributed by atoms with Gasteiger partial charge in [0.05, 0.1) is 0 Å². The Kier molecular flexibility index (Phi) is 4.25. The molecule has 4 rings (SSSR count). The van der Waals surface area contributed by atoms with Gasteiger partial charge in [-0.3, -0.25) is 0 Å². The molecule has 3 nitrogen and oxygen atoms in total. The maximum atomic E-state index is 3.72. The molecular weight excluding hydrogens is 338 g/mol. The molecular formula is C18H24BrN3. The van der Waals surface area contributed by atoms with Gasteiger partial charge < -0.3 is 15.2 Å². The third-order valence-corrected chi connectivity index (χ3v) is 5.69. The van der Waals surface area contributed by atoms with E-state index in [1.165, 1.54) is 72.0 Å². The number of H-pyrrole nitrogens is 1. The van der Waals surface area contributed by atoms with Crippen LogP contribution in [0.3, 0.4) is 0 Å². The van der Waals surface area contributed by atoms with Crippen molar-refractivity contribution in [2.24, 2.45) is 0 Å². The molecule has 0 unspecified atom stereocenters. The lowest BCUT2D eigenvalue weighted by atomic mass is 9.97. The van der Waals surface area contributed by atoms with E-state index in [4.69, 9.17) is 0 Å². The molecule has 0 radical (unpaired) electrons. The number of likely N-dealkylation sites (tertiary alicyclic amines) is 1. The van der Waals surface area contributed by atoms with E-state index in [1.54, 1.807) is 0 Å². The normalized spacial score (nSPS) is 22.9. The number of rotatable bonds is 3. The molecule has 1 aromatic carbocycles. The van der Waals surface area contributed by atoms with Gasteiger partial charge in [0.1, 0.15) is 0 Å². The summed E-state index contributed by atoms with van der Waals surface area (Å²) in [6.45, 7) is 4.89. The summed E-state index contributed by atoms with van der Waals surface area (Å²) in [7, 11) is 0. The van der Waals surface area contributed by atoms with Crippen LogP contribution in [0.5, 0.6) is 0 Å². The van der Waals surface area contributed by atoms with Gasteiger partial charge in [0.15, 0.2) is 0 Å². The lowest BCUT2D eigenvalue weighted by Crippen LogP contribution is -2.35. The van der Waals surface area contributed by atoms with E-state index in [9.17, 15) is 0 Å². The molecule has 2 aromatic rings. The van der Waals surface area contributed by atoms with E-state index >= 15 is 0 Å². The average molecular weight is 362 g/mol. The van der Waals surface area contributed by atoms with E-state index in [2.05, 4.69) is 49.3 Å². The second-order valence-corrected chi connectivity index (χ2v) is 7.57. The van der Waals surface area contributed by atoms with E-state index in [0.29, 0.717) is 6.04 Å². The third kappa shape index (κ3) is 2.84. The molecule has 0 bridgehead atoms. The number of aromatic nitrogens is 1. The first-order valence-corrected chi connectivity index (χ1v) is 9.36. The topological polar surface area (TPSA) is 31.1 Å². The summed E-state index contributed by atoms with van der Waals surface area (Å²) in [4.78, 5) is 6.32. The number of hydrogen-bond acceptors (Lipinski definition) is 2. The SMILES string of the molecule is Brc1ccc2[nH]c3c(c2c1)CCN[C@@H]3CCN1CCCCC1. The number of benzene rings is 1. The highest BCUT2D eigenvalue weighted by Gasteiger charge is 2.24. The fourth-order valence-electron chi connectivity index (χ4n) is 4.02. The summed E-state index contributed by atoms with van der Waals surface area (Å²) in [5.41, 5.74) is 4.23. The summed E-state index contributed by atoms with van der Waals surface area (Å²) in [5, 5.41) is 5.12. The van der Waals surface area contributed by atoms with Crippen LogP contribution in [0, 0.1) is 0 Å². The van der Waals surface area contributed by atoms with Crippen LogP contribution in [0.4, 0.5) is 0 Å². The Balaban J connectivity index is 1.55. The molecule has 22 heavy (non-hydrogen) atoms. The molecule has 0 amide bonds. The molecule has 0 aliphatic carbocycles. The van der Waals surface area contributed by atoms with Crippen molar-refractivity contribution >= 4 is 26.8 Å². The molecule has 4 heteroatoms. The molecule has 1 saturated heterocycles. The van der Waals surface area contributed by atoms with E-state index in [-0.39, 0.29) is 0 Å². The maximum absolute atomic E-state index is 3.72. The van der Waals surface area contributed by atoms with Gasteiger partial charge in [-0.15, -0.1) is 0 Å². The largest absolute Gasteiger partial charge is 0.357 e. The predicted molar refractivity (Wildman–Crippen MR) is 95.4 cm³/mol. The smallest absolute Gasteiger partial charge is 0.0488 e. The number of piperidine rings is 1. The van der Waals surface area contributed by atoms with Gasteiger partial charge in [-0.05, 0) is 75.6 Å². The fourth-order valence-corrected chi connectivity index (χ4v) is 4.38. The number of nitrogens with zero attached hydrogens (tertiary/aromatic N) is 1. The Morgan fingerprint density at radius 3 is 2.91 bits per heavy atom. The molecule has 2 aliphatic rings. The Bertz CT molecular complexity index is 658. The van der Waals surface area contributed by atoms with Crippen LogP contribution >= 0.6 is 15.9 Å². The highest BCUT2D eigenvalue weighted by molar-refractivity contribution is 9.10. The summed E-state index contributed by atoms with van der Waals surface area (Å²) in [6.07, 6.45) is 6.51. The molecule has 1 aromatic heterocycles. The van der Waals surface area contributed by atoms with Crippen LogP contribution in [0.15, 0.2) is 22.7 Å². The second kappa shape index (κ2) is 6.34. The van der Waals surface area contributed by atoms with Crippen LogP contribution in [-0.2, 0) is 6.42 Å². The Morgan fingerprint density at radius 1 is 1.18 bits per heavy atom. The van der Waals surface area contributed by atoms with Crippen molar-refractivity contribution in [2.45, 2.75) is 38.1 Å². The quantitative estimate of drug-likeness (QED) is 0.865. The van der Waals surface area contributed by atoms with Gasteiger partial charge in [0.2, 0.25) is 0 Å². The minimum atomic E-state index is 0.483. The summed E-state index contributed by atoms with van der Waals surface area (Å²) < 4.78 is 1.17. The van der Waals surface area contributed by atoms with Crippen LogP contribution in [-0.4, -0.2) is 36.1 Å². The monoisotopic (exact) mass is 361 g/mol. The summed E-state index contributed by atoms with van der Waals surface area (Å²) >= 11 is 3.61. The maximum Gasteiger partial charge on any atom is 0.0488 e. The highest BCUT2D eigenvalue weighted by atomic mass is 79.9. The Morgan fingerprint density at radius 2 is 2.05 bits per heavy atom. The number of aromatic amines is 1. The van der Waals surface area contributed by atoms with Gasteiger partial charge in [-0.25, -0.2) is 0 Å². The minimum absolute atomic E-state index is 0.483. The highest BCUT2D eigenvalue weighted by Crippen LogP contribution is 2.33. The van der Waals surface area contributed by atoms with Crippen LogP contribution in [0.1, 0.15) is 43.0 Å². The first-order valence-electron chi connectivity index (χ1n) is 8.57. The van der Waals surface area contributed by atoms with Gasteiger partial charge in [0, 0.05) is 27.1 Å². The van der Waals surface area contributed by atoms with E-state index < -0.39 is 0 Å². The Hall–Kier alpha value is -0.840. The zero-order valence-corrected chi connectivity index (χ0v) is 14.6. The molecule has 0 spiro atoms. The van der Waals surface area contributed by atoms with Gasteiger partial charge >= 0.3 is 0 Å². The van der Waals surface area contributed by atoms with E-state index in [0.717, 1.165) is 13.0 Å². The lowest BCUT2D eigenvalue weighted by Gasteiger charge is -2.30. The first kappa shape index (κ1) is 14.7. The molecule has 1 fully saturated rings. The lowest BCUT2D eigenvalue weighted by molar-refractivity contribution is 0.215. The number of hydrogen-bond donors (Lipinski definition) is 2. The molecule has 118 valence electrons. The number of nitrogens with one attached hydrogen (secondary N) is 2. The van der Waals surface area contributed by atoms with Gasteiger partial charge in [-0.2, -0.15) is 0 Å². The van der Waals surface area contributed by atoms with Crippen LogP contribution in [0.2, 0.25) is 0 Å². The number of halogens is 1. The third-order valence-electron chi connectivity index (χ3n) is 5.20. The van der Waals surface area contributed by atoms with Crippen molar-refractivity contribution in [3.05, 3.63) is 33.9 Å². The van der Waals surface area contributed by atoms with Crippen molar-refractivity contribution in [3.63, 3.8) is 0 Å². The molecule has 1 atom stereocenters. The van der Waals surface area contributed by atoms with Crippen LogP contribution < -0.4 is 5.32 Å². The van der Waals surface area contributed by atoms with Gasteiger partial charge in [-0.1, -0.05) is 22.4 Å². The zero-order chi connectivity index (χ0) is 14.9. The molecule has 2 N–H and O–H groups in total. The fraction of sp³-hybridized carbons (Fsp3) is 0.556. The minimum Gasteiger partial charge on any atom is -0.357 e. The van der Waals surface area contributed by atoms with Crippen molar-refractivity contribution < 1.29 is 0 Å². The second-order valence-electron chi connectivity index (χ2n) is 6.65. The first-order chi connectivity index (χ1) is 10.8. The molecule has 3 heterocycles. The summed E-state index contributed by atoms with van der Waals surface area (Å²) in [5.74, 6) is 0. The van der Waals surface area contributed by atoms with Crippen molar-refractivity contribution in [1.82, 2.24) is 15.2 Å². The van der Waals surface area contributed by atoms with E-state index in [1.807, 2.05) is 0 Å². The predicted octanol–water partition coefficient (Wildman–Crippen LogP) is 3.99. The standard InChI is InChI=1S/C18H24BrN3/c19-13-4-5-16-15(12-13)14-6-8-20-17(18(14)21-16)7-11-22-9-2-1-3-10-22/h4-5,12,17,20-21H,1-3,6-11H2/t17-/m1/s1. The zero-order valence-electron chi connectivity index (χ0n) is 13.0. The Labute approximate surface area is 140 Å². The summed E-state index contributed by atoms with van der Waals surface area (Å²) in [6, 6.07) is 7.06. The van der Waals surface area contributed by atoms with Crippen molar-refractivity contribution in [1.29, 1.82) is 0 Å². The van der Waals surface area contributed by atoms with Gasteiger partial charge in [0.25, 0.3) is 0 Å². The van der Waals surface area contributed by atoms with Crippen molar-refractivity contribution in [2.75, 3.05) is 26.2 Å². The molecule has 2 aliphatic heterocycles.